The molecule has 0 radical (unpaired) electrons. The molecule has 0 spiro atoms. The van der Waals surface area contributed by atoms with Crippen molar-refractivity contribution in [3.63, 3.8) is 0 Å². The minimum atomic E-state index is -2.90. The number of carboxylic acids is 1. The molecule has 1 aromatic carbocycles. The maximum atomic E-state index is 12.5. The fourth-order valence-electron chi connectivity index (χ4n) is 2.73. The summed E-state index contributed by atoms with van der Waals surface area (Å²) in [5.41, 5.74) is 1.77. The highest BCUT2D eigenvalue weighted by atomic mass is 32.2. The zero-order valence-corrected chi connectivity index (χ0v) is 16.4. The lowest BCUT2D eigenvalue weighted by atomic mass is 10.1. The quantitative estimate of drug-likeness (QED) is 0.370. The van der Waals surface area contributed by atoms with E-state index in [0.29, 0.717) is 45.3 Å². The Bertz CT molecular complexity index is 773. The third-order valence-corrected chi connectivity index (χ3v) is 5.25. The molecule has 5 nitrogen and oxygen atoms in total. The largest absolute Gasteiger partial charge is 0.550 e. The van der Waals surface area contributed by atoms with Crippen molar-refractivity contribution < 1.29 is 28.2 Å². The molecule has 1 saturated heterocycles. The highest BCUT2D eigenvalue weighted by Crippen LogP contribution is 2.34. The van der Waals surface area contributed by atoms with Crippen molar-refractivity contribution >= 4 is 46.3 Å². The summed E-state index contributed by atoms with van der Waals surface area (Å²) < 4.78 is 29.9. The van der Waals surface area contributed by atoms with Gasteiger partial charge in [0.15, 0.2) is 0 Å². The molecule has 0 bridgehead atoms. The number of hydrogen-bond acceptors (Lipinski definition) is 6. The maximum absolute atomic E-state index is 12.5. The van der Waals surface area contributed by atoms with E-state index in [1.54, 1.807) is 32.1 Å². The number of halogens is 2. The molecule has 0 saturated carbocycles. The normalized spacial score (nSPS) is 15.9. The molecule has 0 atom stereocenters. The van der Waals surface area contributed by atoms with Crippen molar-refractivity contribution in [1.29, 1.82) is 0 Å². The first-order valence-electron chi connectivity index (χ1n) is 8.20. The van der Waals surface area contributed by atoms with Crippen LogP contribution in [0.1, 0.15) is 36.0 Å². The third kappa shape index (κ3) is 5.74. The molecule has 1 amide bonds. The summed E-state index contributed by atoms with van der Waals surface area (Å²) in [6.07, 6.45) is 2.51. The van der Waals surface area contributed by atoms with E-state index in [0.717, 1.165) is 11.8 Å². The van der Waals surface area contributed by atoms with Crippen molar-refractivity contribution in [2.24, 2.45) is 0 Å². The summed E-state index contributed by atoms with van der Waals surface area (Å²) in [5, 5.41) is 10.4. The predicted octanol–water partition coefficient (Wildman–Crippen LogP) is 3.03. The zero-order valence-electron chi connectivity index (χ0n) is 14.8. The van der Waals surface area contributed by atoms with Gasteiger partial charge in [0.05, 0.1) is 4.91 Å². The van der Waals surface area contributed by atoms with Crippen molar-refractivity contribution in [1.82, 2.24) is 4.90 Å². The van der Waals surface area contributed by atoms with Crippen molar-refractivity contribution in [2.75, 3.05) is 6.54 Å². The summed E-state index contributed by atoms with van der Waals surface area (Å²) in [4.78, 5) is 24.8. The SMILES string of the molecule is Cc1cc(/C=C2\SC(=S)N(CCCCC(=O)[O-])C2=O)cc(C)c1OC(F)F. The molecule has 1 aromatic rings. The Hall–Kier alpha value is -2.00. The number of benzene rings is 1. The Kier molecular flexibility index (Phi) is 7.32. The second kappa shape index (κ2) is 9.27. The smallest absolute Gasteiger partial charge is 0.387 e. The van der Waals surface area contributed by atoms with Gasteiger partial charge in [0, 0.05) is 12.5 Å². The van der Waals surface area contributed by atoms with Crippen LogP contribution in [0, 0.1) is 13.8 Å². The third-order valence-electron chi connectivity index (χ3n) is 3.87. The number of alkyl halides is 2. The van der Waals surface area contributed by atoms with Gasteiger partial charge in [0.1, 0.15) is 10.1 Å². The van der Waals surface area contributed by atoms with Crippen LogP contribution >= 0.6 is 24.0 Å². The van der Waals surface area contributed by atoms with Gasteiger partial charge in [0.25, 0.3) is 5.91 Å². The van der Waals surface area contributed by atoms with Gasteiger partial charge in [-0.3, -0.25) is 9.69 Å². The summed E-state index contributed by atoms with van der Waals surface area (Å²) >= 11 is 6.38. The molecule has 1 aliphatic heterocycles. The van der Waals surface area contributed by atoms with E-state index in [2.05, 4.69) is 4.74 Å². The van der Waals surface area contributed by atoms with Gasteiger partial charge in [0.2, 0.25) is 0 Å². The van der Waals surface area contributed by atoms with Crippen LogP contribution in [0.3, 0.4) is 0 Å². The number of aliphatic carboxylic acids is 1. The predicted molar refractivity (Wildman–Crippen MR) is 101 cm³/mol. The minimum Gasteiger partial charge on any atom is -0.550 e. The van der Waals surface area contributed by atoms with E-state index in [4.69, 9.17) is 12.2 Å². The maximum Gasteiger partial charge on any atom is 0.387 e. The molecule has 146 valence electrons. The molecule has 0 unspecified atom stereocenters. The van der Waals surface area contributed by atoms with Gasteiger partial charge in [-0.15, -0.1) is 0 Å². The number of unbranched alkanes of at least 4 members (excludes halogenated alkanes) is 1. The van der Waals surface area contributed by atoms with Crippen LogP contribution in [0.25, 0.3) is 6.08 Å². The number of amides is 1. The summed E-state index contributed by atoms with van der Waals surface area (Å²) in [6, 6.07) is 3.33. The lowest BCUT2D eigenvalue weighted by Crippen LogP contribution is -2.29. The fourth-order valence-corrected chi connectivity index (χ4v) is 4.03. The van der Waals surface area contributed by atoms with Crippen LogP contribution in [-0.2, 0) is 9.59 Å². The van der Waals surface area contributed by atoms with Crippen LogP contribution in [0.5, 0.6) is 5.75 Å². The van der Waals surface area contributed by atoms with E-state index < -0.39 is 12.6 Å². The second-order valence-corrected chi connectivity index (χ2v) is 7.70. The number of ether oxygens (including phenoxy) is 1. The van der Waals surface area contributed by atoms with Gasteiger partial charge in [-0.05, 0) is 68.0 Å². The zero-order chi connectivity index (χ0) is 20.1. The monoisotopic (exact) mass is 414 g/mol. The standard InChI is InChI=1S/C18H19F2NO4S2/c1-10-7-12(8-11(2)15(10)25-17(19)20)9-13-16(24)21(18(26)27-13)6-4-3-5-14(22)23/h7-9,17H,3-6H2,1-2H3,(H,22,23)/p-1/b13-9-. The molecule has 0 aromatic heterocycles. The van der Waals surface area contributed by atoms with Crippen molar-refractivity contribution in [3.05, 3.63) is 33.7 Å². The highest BCUT2D eigenvalue weighted by molar-refractivity contribution is 8.26. The first-order valence-corrected chi connectivity index (χ1v) is 9.42. The Morgan fingerprint density at radius 3 is 2.52 bits per heavy atom. The van der Waals surface area contributed by atoms with Gasteiger partial charge in [-0.1, -0.05) is 24.0 Å². The number of aryl methyl sites for hydroxylation is 2. The number of rotatable bonds is 8. The Morgan fingerprint density at radius 2 is 1.96 bits per heavy atom. The van der Waals surface area contributed by atoms with Crippen molar-refractivity contribution in [3.8, 4) is 5.75 Å². The van der Waals surface area contributed by atoms with Crippen molar-refractivity contribution in [2.45, 2.75) is 39.7 Å². The van der Waals surface area contributed by atoms with E-state index in [9.17, 15) is 23.5 Å². The second-order valence-electron chi connectivity index (χ2n) is 6.02. The first-order chi connectivity index (χ1) is 12.7. The lowest BCUT2D eigenvalue weighted by Gasteiger charge is -2.14. The molecule has 1 aliphatic rings. The molecular formula is C18H18F2NO4S2-. The van der Waals surface area contributed by atoms with Gasteiger partial charge in [-0.2, -0.15) is 8.78 Å². The molecule has 27 heavy (non-hydrogen) atoms. The molecule has 1 heterocycles. The first kappa shape index (κ1) is 21.3. The molecule has 2 rings (SSSR count). The van der Waals surface area contributed by atoms with E-state index in [1.807, 2.05) is 0 Å². The number of thiocarbonyl (C=S) groups is 1. The van der Waals surface area contributed by atoms with Gasteiger partial charge < -0.3 is 14.6 Å². The van der Waals surface area contributed by atoms with E-state index >= 15 is 0 Å². The fraction of sp³-hybridized carbons (Fsp3) is 0.389. The number of nitrogens with zero attached hydrogens (tertiary/aromatic N) is 1. The van der Waals surface area contributed by atoms with Crippen LogP contribution in [-0.4, -0.2) is 34.3 Å². The number of carbonyl (C=O) groups excluding carboxylic acids is 2. The Balaban J connectivity index is 2.12. The number of carboxylic acid groups (broad SMARTS) is 1. The Morgan fingerprint density at radius 1 is 1.33 bits per heavy atom. The minimum absolute atomic E-state index is 0.0593. The average molecular weight is 414 g/mol. The molecule has 0 aliphatic carbocycles. The number of thioether (sulfide) groups is 1. The molecular weight excluding hydrogens is 396 g/mol. The van der Waals surface area contributed by atoms with E-state index in [-0.39, 0.29) is 18.1 Å². The van der Waals surface area contributed by atoms with Crippen LogP contribution in [0.15, 0.2) is 17.0 Å². The van der Waals surface area contributed by atoms with Gasteiger partial charge >= 0.3 is 6.61 Å². The Labute approximate surface area is 165 Å². The summed E-state index contributed by atoms with van der Waals surface area (Å²) in [6.45, 7) is 0.755. The number of hydrogen-bond donors (Lipinski definition) is 0. The summed E-state index contributed by atoms with van der Waals surface area (Å²) in [7, 11) is 0. The van der Waals surface area contributed by atoms with Gasteiger partial charge in [-0.25, -0.2) is 0 Å². The van der Waals surface area contributed by atoms with Crippen LogP contribution < -0.4 is 9.84 Å². The number of carbonyl (C=O) groups is 2. The van der Waals surface area contributed by atoms with Crippen LogP contribution in [0.4, 0.5) is 8.78 Å². The highest BCUT2D eigenvalue weighted by Gasteiger charge is 2.31. The summed E-state index contributed by atoms with van der Waals surface area (Å²) in [5.74, 6) is -1.24. The lowest BCUT2D eigenvalue weighted by molar-refractivity contribution is -0.305. The molecule has 9 heteroatoms. The topological polar surface area (TPSA) is 69.7 Å². The van der Waals surface area contributed by atoms with Crippen LogP contribution in [0.2, 0.25) is 0 Å². The van der Waals surface area contributed by atoms with E-state index in [1.165, 1.54) is 4.90 Å². The average Bonchev–Trinajstić information content (AvgIpc) is 2.81. The molecule has 1 fully saturated rings. The molecule has 0 N–H and O–H groups in total.